The summed E-state index contributed by atoms with van der Waals surface area (Å²) >= 11 is 0. The van der Waals surface area contributed by atoms with E-state index < -0.39 is 0 Å². The molecule has 0 radical (unpaired) electrons. The van der Waals surface area contributed by atoms with Gasteiger partial charge < -0.3 is 9.64 Å². The average Bonchev–Trinajstić information content (AvgIpc) is 3.19. The maximum atomic E-state index is 12.1. The van der Waals surface area contributed by atoms with E-state index in [-0.39, 0.29) is 5.97 Å². The van der Waals surface area contributed by atoms with Gasteiger partial charge in [0.2, 0.25) is 0 Å². The summed E-state index contributed by atoms with van der Waals surface area (Å²) in [6.45, 7) is 6.27. The third-order valence-corrected chi connectivity index (χ3v) is 4.64. The van der Waals surface area contributed by atoms with Gasteiger partial charge in [-0.15, -0.1) is 0 Å². The molecule has 0 unspecified atom stereocenters. The van der Waals surface area contributed by atoms with E-state index >= 15 is 0 Å². The van der Waals surface area contributed by atoms with Crippen LogP contribution in [-0.4, -0.2) is 30.6 Å². The molecule has 2 fully saturated rings. The highest BCUT2D eigenvalue weighted by Gasteiger charge is 2.44. The van der Waals surface area contributed by atoms with E-state index in [2.05, 4.69) is 9.88 Å². The molecule has 0 amide bonds. The summed E-state index contributed by atoms with van der Waals surface area (Å²) in [5.41, 5.74) is 3.18. The van der Waals surface area contributed by atoms with Crippen molar-refractivity contribution in [1.82, 2.24) is 4.98 Å². The molecule has 1 saturated carbocycles. The van der Waals surface area contributed by atoms with Crippen molar-refractivity contribution >= 4 is 11.7 Å². The van der Waals surface area contributed by atoms with Gasteiger partial charge in [-0.1, -0.05) is 0 Å². The lowest BCUT2D eigenvalue weighted by atomic mass is 9.93. The molecule has 0 atom stereocenters. The number of hydrogen-bond donors (Lipinski definition) is 0. The van der Waals surface area contributed by atoms with Crippen LogP contribution in [0.5, 0.6) is 0 Å². The molecular formula is C16H22N2O2. The van der Waals surface area contributed by atoms with Gasteiger partial charge in [-0.2, -0.15) is 0 Å². The minimum absolute atomic E-state index is 0.262. The van der Waals surface area contributed by atoms with E-state index in [4.69, 9.17) is 4.74 Å². The van der Waals surface area contributed by atoms with Crippen LogP contribution in [0.3, 0.4) is 0 Å². The Hall–Kier alpha value is -1.58. The van der Waals surface area contributed by atoms with Crippen LogP contribution in [0, 0.1) is 12.3 Å². The number of pyridine rings is 1. The van der Waals surface area contributed by atoms with Gasteiger partial charge in [0.05, 0.1) is 12.3 Å². The predicted molar refractivity (Wildman–Crippen MR) is 78.0 cm³/mol. The van der Waals surface area contributed by atoms with E-state index in [1.807, 2.05) is 19.9 Å². The Kier molecular flexibility index (Phi) is 3.40. The molecule has 20 heavy (non-hydrogen) atoms. The maximum Gasteiger partial charge on any atom is 0.341 e. The third-order valence-electron chi connectivity index (χ3n) is 4.64. The number of aryl methyl sites for hydroxylation is 1. The van der Waals surface area contributed by atoms with E-state index in [1.165, 1.54) is 25.7 Å². The van der Waals surface area contributed by atoms with Gasteiger partial charge in [0.25, 0.3) is 0 Å². The Bertz CT molecular complexity index is 513. The molecule has 1 spiro atoms. The first kappa shape index (κ1) is 13.4. The highest BCUT2D eigenvalue weighted by Crippen LogP contribution is 2.54. The molecular weight excluding hydrogens is 252 g/mol. The zero-order valence-electron chi connectivity index (χ0n) is 12.3. The van der Waals surface area contributed by atoms with Crippen molar-refractivity contribution in [2.45, 2.75) is 39.5 Å². The second kappa shape index (κ2) is 5.08. The second-order valence-corrected chi connectivity index (χ2v) is 6.05. The first-order chi connectivity index (χ1) is 9.63. The van der Waals surface area contributed by atoms with Crippen LogP contribution in [0.1, 0.15) is 48.7 Å². The fraction of sp³-hybridized carbons (Fsp3) is 0.625. The van der Waals surface area contributed by atoms with E-state index in [0.717, 1.165) is 24.5 Å². The fourth-order valence-electron chi connectivity index (χ4n) is 3.07. The van der Waals surface area contributed by atoms with Crippen molar-refractivity contribution in [3.63, 3.8) is 0 Å². The van der Waals surface area contributed by atoms with Crippen LogP contribution in [0.4, 0.5) is 5.69 Å². The molecule has 2 aliphatic rings. The van der Waals surface area contributed by atoms with Crippen LogP contribution in [0.15, 0.2) is 12.3 Å². The quantitative estimate of drug-likeness (QED) is 0.795. The van der Waals surface area contributed by atoms with Gasteiger partial charge in [0, 0.05) is 25.0 Å². The Balaban J connectivity index is 1.83. The minimum atomic E-state index is -0.262. The Labute approximate surface area is 120 Å². The normalized spacial score (nSPS) is 20.0. The minimum Gasteiger partial charge on any atom is -0.462 e. The predicted octanol–water partition coefficient (Wildman–Crippen LogP) is 2.95. The first-order valence-corrected chi connectivity index (χ1v) is 7.52. The topological polar surface area (TPSA) is 42.4 Å². The molecule has 0 aromatic carbocycles. The van der Waals surface area contributed by atoms with Crippen molar-refractivity contribution < 1.29 is 9.53 Å². The van der Waals surface area contributed by atoms with Crippen molar-refractivity contribution in [2.24, 2.45) is 5.41 Å². The van der Waals surface area contributed by atoms with Crippen molar-refractivity contribution in [1.29, 1.82) is 0 Å². The summed E-state index contributed by atoms with van der Waals surface area (Å²) in [7, 11) is 0. The van der Waals surface area contributed by atoms with Gasteiger partial charge >= 0.3 is 5.97 Å². The van der Waals surface area contributed by atoms with Gasteiger partial charge in [0.15, 0.2) is 0 Å². The molecule has 0 N–H and O–H groups in total. The lowest BCUT2D eigenvalue weighted by molar-refractivity contribution is 0.0526. The highest BCUT2D eigenvalue weighted by molar-refractivity contribution is 5.95. The first-order valence-electron chi connectivity index (χ1n) is 7.52. The van der Waals surface area contributed by atoms with E-state index in [9.17, 15) is 4.79 Å². The van der Waals surface area contributed by atoms with Crippen molar-refractivity contribution in [3.8, 4) is 0 Å². The van der Waals surface area contributed by atoms with Gasteiger partial charge in [-0.3, -0.25) is 4.98 Å². The van der Waals surface area contributed by atoms with Crippen LogP contribution in [0.25, 0.3) is 0 Å². The summed E-state index contributed by atoms with van der Waals surface area (Å²) in [5.74, 6) is -0.262. The lowest BCUT2D eigenvalue weighted by Gasteiger charge is -2.34. The number of rotatable bonds is 3. The Morgan fingerprint density at radius 1 is 1.35 bits per heavy atom. The number of esters is 1. The number of ether oxygens (including phenoxy) is 1. The molecule has 4 heteroatoms. The second-order valence-electron chi connectivity index (χ2n) is 6.05. The molecule has 1 saturated heterocycles. The molecule has 1 aromatic rings. The van der Waals surface area contributed by atoms with Gasteiger partial charge in [-0.05, 0) is 51.0 Å². The van der Waals surface area contributed by atoms with Gasteiger partial charge in [0.1, 0.15) is 5.56 Å². The fourth-order valence-corrected chi connectivity index (χ4v) is 3.07. The number of anilines is 1. The molecule has 0 bridgehead atoms. The summed E-state index contributed by atoms with van der Waals surface area (Å²) in [4.78, 5) is 18.6. The molecule has 4 nitrogen and oxygen atoms in total. The van der Waals surface area contributed by atoms with Crippen LogP contribution < -0.4 is 4.90 Å². The van der Waals surface area contributed by atoms with Crippen LogP contribution in [-0.2, 0) is 4.74 Å². The third kappa shape index (κ3) is 2.51. The number of aromatic nitrogens is 1. The zero-order valence-corrected chi connectivity index (χ0v) is 12.3. The van der Waals surface area contributed by atoms with E-state index in [0.29, 0.717) is 17.6 Å². The van der Waals surface area contributed by atoms with Crippen molar-refractivity contribution in [2.75, 3.05) is 24.6 Å². The monoisotopic (exact) mass is 274 g/mol. The van der Waals surface area contributed by atoms with E-state index in [1.54, 1.807) is 6.20 Å². The number of nitrogens with zero attached hydrogens (tertiary/aromatic N) is 2. The average molecular weight is 274 g/mol. The molecule has 1 aromatic heterocycles. The SMILES string of the molecule is CCOC(=O)c1cnc(C)cc1N1CCC2(CC1)CC2. The number of hydrogen-bond acceptors (Lipinski definition) is 4. The molecule has 1 aliphatic heterocycles. The molecule has 1 aliphatic carbocycles. The molecule has 3 rings (SSSR count). The number of carbonyl (C=O) groups excluding carboxylic acids is 1. The summed E-state index contributed by atoms with van der Waals surface area (Å²) < 4.78 is 5.15. The summed E-state index contributed by atoms with van der Waals surface area (Å²) in [6.07, 6.45) is 6.93. The summed E-state index contributed by atoms with van der Waals surface area (Å²) in [5, 5.41) is 0. The Morgan fingerprint density at radius 2 is 2.05 bits per heavy atom. The lowest BCUT2D eigenvalue weighted by Crippen LogP contribution is -2.35. The smallest absolute Gasteiger partial charge is 0.341 e. The number of carbonyl (C=O) groups is 1. The molecule has 108 valence electrons. The van der Waals surface area contributed by atoms with Crippen LogP contribution >= 0.6 is 0 Å². The summed E-state index contributed by atoms with van der Waals surface area (Å²) in [6, 6.07) is 2.01. The zero-order chi connectivity index (χ0) is 14.2. The van der Waals surface area contributed by atoms with Crippen LogP contribution in [0.2, 0.25) is 0 Å². The van der Waals surface area contributed by atoms with Gasteiger partial charge in [-0.25, -0.2) is 4.79 Å². The molecule has 2 heterocycles. The standard InChI is InChI=1S/C16H22N2O2/c1-3-20-15(19)13-11-17-12(2)10-14(13)18-8-6-16(4-5-16)7-9-18/h10-11H,3-9H2,1-2H3. The maximum absolute atomic E-state index is 12.1. The van der Waals surface area contributed by atoms with Crippen molar-refractivity contribution in [3.05, 3.63) is 23.5 Å². The number of piperidine rings is 1. The Morgan fingerprint density at radius 3 is 2.65 bits per heavy atom. The highest BCUT2D eigenvalue weighted by atomic mass is 16.5. The largest absolute Gasteiger partial charge is 0.462 e.